The summed E-state index contributed by atoms with van der Waals surface area (Å²) in [6, 6.07) is 19.1. The van der Waals surface area contributed by atoms with Gasteiger partial charge in [0.15, 0.2) is 0 Å². The zero-order valence-corrected chi connectivity index (χ0v) is 14.5. The molecule has 0 amide bonds. The lowest BCUT2D eigenvalue weighted by molar-refractivity contribution is 0.319. The quantitative estimate of drug-likeness (QED) is 0.581. The topological polar surface area (TPSA) is 59.1 Å². The van der Waals surface area contributed by atoms with Gasteiger partial charge in [-0.15, -0.1) is 11.6 Å². The Kier molecular flexibility index (Phi) is 5.37. The first-order valence-corrected chi connectivity index (χ1v) is 8.39. The van der Waals surface area contributed by atoms with Crippen LogP contribution in [-0.4, -0.2) is 11.6 Å². The molecule has 0 spiro atoms. The van der Waals surface area contributed by atoms with Gasteiger partial charge in [-0.2, -0.15) is 5.26 Å². The molecule has 2 aromatic carbocycles. The van der Waals surface area contributed by atoms with Gasteiger partial charge in [0.05, 0.1) is 18.4 Å². The van der Waals surface area contributed by atoms with Gasteiger partial charge in [0.25, 0.3) is 0 Å². The highest BCUT2D eigenvalue weighted by atomic mass is 35.5. The summed E-state index contributed by atoms with van der Waals surface area (Å²) < 4.78 is 11.5. The molecule has 0 aliphatic heterocycles. The van der Waals surface area contributed by atoms with Crippen molar-refractivity contribution < 1.29 is 9.15 Å². The van der Waals surface area contributed by atoms with E-state index in [-0.39, 0.29) is 0 Å². The van der Waals surface area contributed by atoms with Crippen LogP contribution in [0.25, 0.3) is 11.5 Å². The maximum atomic E-state index is 8.89. The molecule has 1 unspecified atom stereocenters. The smallest absolute Gasteiger partial charge is 0.226 e. The van der Waals surface area contributed by atoms with Crippen molar-refractivity contribution in [2.75, 3.05) is 6.61 Å². The Bertz CT molecular complexity index is 884. The Balaban J connectivity index is 1.63. The van der Waals surface area contributed by atoms with Crippen LogP contribution in [0.15, 0.2) is 59.0 Å². The third-order valence-corrected chi connectivity index (χ3v) is 4.13. The van der Waals surface area contributed by atoms with E-state index in [2.05, 4.69) is 4.98 Å². The van der Waals surface area contributed by atoms with E-state index in [4.69, 9.17) is 26.0 Å². The highest BCUT2D eigenvalue weighted by Gasteiger charge is 2.12. The molecule has 0 fully saturated rings. The third-order valence-electron chi connectivity index (χ3n) is 3.79. The number of nitrogens with zero attached hydrogens (tertiary/aromatic N) is 2. The summed E-state index contributed by atoms with van der Waals surface area (Å²) in [7, 11) is 0. The maximum Gasteiger partial charge on any atom is 0.226 e. The van der Waals surface area contributed by atoms with Crippen molar-refractivity contribution >= 4 is 11.6 Å². The van der Waals surface area contributed by atoms with Crippen LogP contribution in [0.3, 0.4) is 0 Å². The molecule has 126 valence electrons. The number of alkyl halides is 1. The van der Waals surface area contributed by atoms with Crippen molar-refractivity contribution in [2.24, 2.45) is 0 Å². The highest BCUT2D eigenvalue weighted by Crippen LogP contribution is 2.24. The molecule has 0 saturated carbocycles. The number of halogens is 1. The van der Waals surface area contributed by atoms with Gasteiger partial charge in [-0.3, -0.25) is 0 Å². The summed E-state index contributed by atoms with van der Waals surface area (Å²) in [5, 5.41) is 8.22. The second-order valence-electron chi connectivity index (χ2n) is 5.55. The van der Waals surface area contributed by atoms with Gasteiger partial charge in [0.2, 0.25) is 5.89 Å². The van der Waals surface area contributed by atoms with Crippen LogP contribution < -0.4 is 4.74 Å². The number of oxazole rings is 1. The summed E-state index contributed by atoms with van der Waals surface area (Å²) in [4.78, 5) is 4.56. The second-order valence-corrected chi connectivity index (χ2v) is 5.99. The molecule has 1 atom stereocenters. The average molecular weight is 353 g/mol. The number of hydrogen-bond acceptors (Lipinski definition) is 4. The Labute approximate surface area is 151 Å². The molecule has 25 heavy (non-hydrogen) atoms. The molecule has 1 heterocycles. The number of rotatable bonds is 6. The summed E-state index contributed by atoms with van der Waals surface area (Å²) >= 11 is 5.94. The van der Waals surface area contributed by atoms with Crippen molar-refractivity contribution in [2.45, 2.75) is 18.7 Å². The largest absolute Gasteiger partial charge is 0.493 e. The van der Waals surface area contributed by atoms with Crippen LogP contribution in [0.2, 0.25) is 0 Å². The Morgan fingerprint density at radius 2 is 2.00 bits per heavy atom. The molecular formula is C20H17ClN2O2. The lowest BCUT2D eigenvalue weighted by Gasteiger charge is -2.07. The Morgan fingerprint density at radius 1 is 1.20 bits per heavy atom. The molecule has 4 nitrogen and oxygen atoms in total. The van der Waals surface area contributed by atoms with Crippen LogP contribution in [-0.2, 0) is 6.42 Å². The molecule has 3 rings (SSSR count). The lowest BCUT2D eigenvalue weighted by atomic mass is 10.1. The molecule has 0 aliphatic carbocycles. The fourth-order valence-electron chi connectivity index (χ4n) is 2.47. The summed E-state index contributed by atoms with van der Waals surface area (Å²) in [5.74, 6) is 2.10. The van der Waals surface area contributed by atoms with Crippen LogP contribution in [0.1, 0.15) is 22.4 Å². The molecule has 0 saturated heterocycles. The van der Waals surface area contributed by atoms with Crippen molar-refractivity contribution in [3.63, 3.8) is 0 Å². The van der Waals surface area contributed by atoms with Crippen LogP contribution >= 0.6 is 11.6 Å². The molecule has 3 aromatic rings. The first-order chi connectivity index (χ1) is 12.2. The minimum Gasteiger partial charge on any atom is -0.493 e. The first kappa shape index (κ1) is 17.1. The fraction of sp³-hybridized carbons (Fsp3) is 0.200. The van der Waals surface area contributed by atoms with E-state index in [0.717, 1.165) is 22.6 Å². The predicted octanol–water partition coefficient (Wildman–Crippen LogP) is 5.08. The van der Waals surface area contributed by atoms with E-state index in [1.807, 2.05) is 61.5 Å². The zero-order chi connectivity index (χ0) is 17.6. The van der Waals surface area contributed by atoms with Gasteiger partial charge in [-0.1, -0.05) is 30.3 Å². The molecule has 0 radical (unpaired) electrons. The molecule has 0 aliphatic rings. The maximum absolute atomic E-state index is 8.89. The number of ether oxygens (including phenoxy) is 1. The first-order valence-electron chi connectivity index (χ1n) is 7.95. The summed E-state index contributed by atoms with van der Waals surface area (Å²) in [6.07, 6.45) is 0.634. The molecule has 0 N–H and O–H groups in total. The third kappa shape index (κ3) is 4.20. The van der Waals surface area contributed by atoms with Crippen molar-refractivity contribution in [3.8, 4) is 23.3 Å². The number of aryl methyl sites for hydroxylation is 1. The standard InChI is InChI=1S/C20H17ClN2O2/c1-14-19(23-20(25-14)15-6-3-2-4-7-15)10-11-24-17-9-5-8-16(12-17)18(21)13-22/h2-9,12,18H,10-11H2,1H3. The number of nitriles is 1. The molecule has 5 heteroatoms. The lowest BCUT2D eigenvalue weighted by Crippen LogP contribution is -2.03. The monoisotopic (exact) mass is 352 g/mol. The van der Waals surface area contributed by atoms with Crippen molar-refractivity contribution in [1.29, 1.82) is 5.26 Å². The van der Waals surface area contributed by atoms with Gasteiger partial charge in [-0.05, 0) is 36.8 Å². The highest BCUT2D eigenvalue weighted by molar-refractivity contribution is 6.22. The van der Waals surface area contributed by atoms with Gasteiger partial charge < -0.3 is 9.15 Å². The van der Waals surface area contributed by atoms with Gasteiger partial charge in [0.1, 0.15) is 16.9 Å². The fourth-order valence-corrected chi connectivity index (χ4v) is 2.60. The zero-order valence-electron chi connectivity index (χ0n) is 13.8. The number of benzene rings is 2. The van der Waals surface area contributed by atoms with E-state index in [1.165, 1.54) is 0 Å². The van der Waals surface area contributed by atoms with Gasteiger partial charge in [-0.25, -0.2) is 4.98 Å². The molecule has 1 aromatic heterocycles. The van der Waals surface area contributed by atoms with Crippen LogP contribution in [0.4, 0.5) is 0 Å². The number of aromatic nitrogens is 1. The Morgan fingerprint density at radius 3 is 2.76 bits per heavy atom. The predicted molar refractivity (Wildman–Crippen MR) is 96.5 cm³/mol. The summed E-state index contributed by atoms with van der Waals surface area (Å²) in [6.45, 7) is 2.37. The average Bonchev–Trinajstić information content (AvgIpc) is 3.03. The SMILES string of the molecule is Cc1oc(-c2ccccc2)nc1CCOc1cccc(C(Cl)C#N)c1. The molecular weight excluding hydrogens is 336 g/mol. The van der Waals surface area contributed by atoms with Crippen LogP contribution in [0, 0.1) is 18.3 Å². The van der Waals surface area contributed by atoms with E-state index in [0.29, 0.717) is 24.7 Å². The van der Waals surface area contributed by atoms with Gasteiger partial charge >= 0.3 is 0 Å². The minimum absolute atomic E-state index is 0.463. The van der Waals surface area contributed by atoms with Crippen molar-refractivity contribution in [3.05, 3.63) is 71.6 Å². The van der Waals surface area contributed by atoms with E-state index >= 15 is 0 Å². The van der Waals surface area contributed by atoms with Gasteiger partial charge in [0, 0.05) is 12.0 Å². The summed E-state index contributed by atoms with van der Waals surface area (Å²) in [5.41, 5.74) is 2.56. The van der Waals surface area contributed by atoms with E-state index < -0.39 is 5.38 Å². The molecule has 0 bridgehead atoms. The van der Waals surface area contributed by atoms with Crippen LogP contribution in [0.5, 0.6) is 5.75 Å². The second kappa shape index (κ2) is 7.87. The normalized spacial score (nSPS) is 11.7. The van der Waals surface area contributed by atoms with E-state index in [9.17, 15) is 0 Å². The van der Waals surface area contributed by atoms with E-state index in [1.54, 1.807) is 6.07 Å². The Hall–Kier alpha value is -2.77. The van der Waals surface area contributed by atoms with Crippen molar-refractivity contribution in [1.82, 2.24) is 4.98 Å². The number of hydrogen-bond donors (Lipinski definition) is 0. The minimum atomic E-state index is -0.672.